The topological polar surface area (TPSA) is 91.7 Å². The molecular formula is C22H25N2O4PS. The Morgan fingerprint density at radius 3 is 2.63 bits per heavy atom. The van der Waals surface area contributed by atoms with E-state index in [2.05, 4.69) is 30.4 Å². The maximum absolute atomic E-state index is 12.7. The SMILES string of the molecule is C=P(O)(O)Cc1cccc(Oc2cc(CC(C)C)cc(C(=O)Nc3nccs3)c2)c1. The number of aromatic nitrogens is 1. The minimum Gasteiger partial charge on any atom is -0.457 e. The van der Waals surface area contributed by atoms with E-state index in [-0.39, 0.29) is 12.1 Å². The largest absolute Gasteiger partial charge is 0.457 e. The number of nitrogens with one attached hydrogen (secondary N) is 1. The molecule has 2 aromatic carbocycles. The zero-order chi connectivity index (χ0) is 21.7. The highest BCUT2D eigenvalue weighted by Gasteiger charge is 2.13. The molecule has 0 spiro atoms. The van der Waals surface area contributed by atoms with Crippen LogP contribution in [-0.4, -0.2) is 27.0 Å². The van der Waals surface area contributed by atoms with E-state index < -0.39 is 7.34 Å². The van der Waals surface area contributed by atoms with Gasteiger partial charge in [0.1, 0.15) is 18.8 Å². The molecule has 0 atom stereocenters. The van der Waals surface area contributed by atoms with Gasteiger partial charge in [-0.05, 0) is 53.8 Å². The number of carbonyl (C=O) groups excluding carboxylic acids is 1. The summed E-state index contributed by atoms with van der Waals surface area (Å²) < 4.78 is 6.02. The third kappa shape index (κ3) is 6.82. The fourth-order valence-corrected chi connectivity index (χ4v) is 4.34. The molecule has 0 aliphatic heterocycles. The summed E-state index contributed by atoms with van der Waals surface area (Å²) in [5.74, 6) is 1.26. The van der Waals surface area contributed by atoms with Crippen molar-refractivity contribution >= 4 is 36.0 Å². The number of hydrogen-bond donors (Lipinski definition) is 3. The molecule has 0 saturated heterocycles. The molecule has 6 nitrogen and oxygen atoms in total. The lowest BCUT2D eigenvalue weighted by Gasteiger charge is -2.14. The number of hydrogen-bond acceptors (Lipinski definition) is 6. The minimum absolute atomic E-state index is 0.0824. The molecule has 30 heavy (non-hydrogen) atoms. The Hall–Kier alpha value is -2.44. The molecule has 0 saturated carbocycles. The Kier molecular flexibility index (Phi) is 7.10. The number of benzene rings is 2. The van der Waals surface area contributed by atoms with Gasteiger partial charge in [-0.15, -0.1) is 11.3 Å². The maximum Gasteiger partial charge on any atom is 0.257 e. The van der Waals surface area contributed by atoms with Crippen LogP contribution in [0.25, 0.3) is 0 Å². The third-order valence-corrected chi connectivity index (χ3v) is 5.66. The van der Waals surface area contributed by atoms with Crippen LogP contribution >= 0.6 is 18.7 Å². The van der Waals surface area contributed by atoms with Gasteiger partial charge in [0.25, 0.3) is 5.91 Å². The van der Waals surface area contributed by atoms with E-state index in [9.17, 15) is 14.6 Å². The van der Waals surface area contributed by atoms with E-state index in [4.69, 9.17) is 4.74 Å². The minimum atomic E-state index is -3.18. The lowest BCUT2D eigenvalue weighted by atomic mass is 10.0. The molecule has 1 aromatic heterocycles. The average Bonchev–Trinajstić information content (AvgIpc) is 3.12. The molecule has 1 amide bonds. The fraction of sp³-hybridized carbons (Fsp3) is 0.227. The molecule has 1 heterocycles. The van der Waals surface area contributed by atoms with Crippen molar-refractivity contribution in [1.82, 2.24) is 4.98 Å². The van der Waals surface area contributed by atoms with E-state index in [0.29, 0.717) is 28.1 Å². The van der Waals surface area contributed by atoms with E-state index >= 15 is 0 Å². The van der Waals surface area contributed by atoms with Gasteiger partial charge in [-0.3, -0.25) is 10.1 Å². The molecule has 8 heteroatoms. The van der Waals surface area contributed by atoms with Crippen molar-refractivity contribution in [3.8, 4) is 11.5 Å². The summed E-state index contributed by atoms with van der Waals surface area (Å²) in [6.07, 6.45) is 5.94. The van der Waals surface area contributed by atoms with Crippen LogP contribution in [-0.2, 0) is 12.6 Å². The Morgan fingerprint density at radius 1 is 1.20 bits per heavy atom. The summed E-state index contributed by atoms with van der Waals surface area (Å²) in [6.45, 7) is 4.23. The number of thiazole rings is 1. The molecule has 0 aliphatic carbocycles. The van der Waals surface area contributed by atoms with Gasteiger partial charge in [-0.25, -0.2) is 4.98 Å². The van der Waals surface area contributed by atoms with E-state index in [1.807, 2.05) is 12.1 Å². The Labute approximate surface area is 180 Å². The lowest BCUT2D eigenvalue weighted by Crippen LogP contribution is -2.12. The van der Waals surface area contributed by atoms with Gasteiger partial charge in [0.15, 0.2) is 5.13 Å². The van der Waals surface area contributed by atoms with Gasteiger partial charge in [0.05, 0.1) is 0 Å². The summed E-state index contributed by atoms with van der Waals surface area (Å²) >= 11 is 1.36. The first-order valence-corrected chi connectivity index (χ1v) is 12.4. The summed E-state index contributed by atoms with van der Waals surface area (Å²) in [5.41, 5.74) is 2.21. The summed E-state index contributed by atoms with van der Waals surface area (Å²) in [5, 5.41) is 5.14. The van der Waals surface area contributed by atoms with Crippen molar-refractivity contribution in [1.29, 1.82) is 0 Å². The van der Waals surface area contributed by atoms with Crippen LogP contribution in [0.3, 0.4) is 0 Å². The molecule has 0 bridgehead atoms. The van der Waals surface area contributed by atoms with Crippen LogP contribution < -0.4 is 10.1 Å². The summed E-state index contributed by atoms with van der Waals surface area (Å²) in [6, 6.07) is 12.6. The number of anilines is 1. The first kappa shape index (κ1) is 22.2. The highest BCUT2D eigenvalue weighted by Crippen LogP contribution is 2.39. The molecule has 3 aromatic rings. The highest BCUT2D eigenvalue weighted by molar-refractivity contribution is 7.61. The second-order valence-corrected chi connectivity index (χ2v) is 10.5. The van der Waals surface area contributed by atoms with Gasteiger partial charge in [-0.2, -0.15) is 0 Å². The van der Waals surface area contributed by atoms with Crippen LogP contribution in [0.4, 0.5) is 5.13 Å². The number of carbonyl (C=O) groups is 1. The second kappa shape index (κ2) is 9.58. The predicted octanol–water partition coefficient (Wildman–Crippen LogP) is 5.15. The van der Waals surface area contributed by atoms with Crippen LogP contribution in [0.2, 0.25) is 0 Å². The normalized spacial score (nSPS) is 11.5. The van der Waals surface area contributed by atoms with Crippen LogP contribution in [0.5, 0.6) is 11.5 Å². The zero-order valence-electron chi connectivity index (χ0n) is 16.9. The monoisotopic (exact) mass is 444 g/mol. The lowest BCUT2D eigenvalue weighted by molar-refractivity contribution is 0.102. The van der Waals surface area contributed by atoms with E-state index in [1.165, 1.54) is 11.3 Å². The van der Waals surface area contributed by atoms with E-state index in [1.54, 1.807) is 41.9 Å². The molecule has 158 valence electrons. The second-order valence-electron chi connectivity index (χ2n) is 7.54. The fourth-order valence-electron chi connectivity index (χ4n) is 3.03. The van der Waals surface area contributed by atoms with Crippen molar-refractivity contribution in [3.63, 3.8) is 0 Å². The van der Waals surface area contributed by atoms with Gasteiger partial charge >= 0.3 is 0 Å². The van der Waals surface area contributed by atoms with Crippen molar-refractivity contribution < 1.29 is 19.3 Å². The molecule has 0 fully saturated rings. The van der Waals surface area contributed by atoms with Crippen LogP contribution in [0.1, 0.15) is 35.3 Å². The molecule has 0 unspecified atom stereocenters. The summed E-state index contributed by atoms with van der Waals surface area (Å²) in [4.78, 5) is 36.1. The third-order valence-electron chi connectivity index (χ3n) is 4.10. The molecule has 0 radical (unpaired) electrons. The Morgan fingerprint density at radius 2 is 1.97 bits per heavy atom. The molecule has 3 rings (SSSR count). The number of nitrogens with zero attached hydrogens (tertiary/aromatic N) is 1. The van der Waals surface area contributed by atoms with Crippen molar-refractivity contribution in [2.24, 2.45) is 5.92 Å². The van der Waals surface area contributed by atoms with Crippen molar-refractivity contribution in [2.75, 3.05) is 5.32 Å². The van der Waals surface area contributed by atoms with Crippen LogP contribution in [0, 0.1) is 5.92 Å². The molecular weight excluding hydrogens is 419 g/mol. The first-order valence-electron chi connectivity index (χ1n) is 9.47. The predicted molar refractivity (Wildman–Crippen MR) is 124 cm³/mol. The van der Waals surface area contributed by atoms with Gasteiger partial charge < -0.3 is 14.5 Å². The zero-order valence-corrected chi connectivity index (χ0v) is 18.6. The van der Waals surface area contributed by atoms with Crippen LogP contribution in [0.15, 0.2) is 54.0 Å². The Bertz CT molecular complexity index is 1060. The average molecular weight is 444 g/mol. The molecule has 0 aliphatic rings. The standard InChI is InChI=1S/C22H25N2O4PS/c1-15(2)9-17-10-18(21(25)24-22-23-7-8-30-22)13-20(12-17)28-19-6-4-5-16(11-19)14-29(3,26)27/h4-8,10-13,15,26-27H,3,9,14H2,1-2H3,(H,23,24,25). The Balaban J connectivity index is 1.87. The first-order chi connectivity index (χ1) is 14.2. The number of amides is 1. The highest BCUT2D eigenvalue weighted by atomic mass is 32.1. The smallest absolute Gasteiger partial charge is 0.257 e. The number of ether oxygens (including phenoxy) is 1. The van der Waals surface area contributed by atoms with Crippen molar-refractivity contribution in [2.45, 2.75) is 26.4 Å². The number of rotatable bonds is 8. The summed E-state index contributed by atoms with van der Waals surface area (Å²) in [7, 11) is -3.18. The quantitative estimate of drug-likeness (QED) is 0.418. The maximum atomic E-state index is 12.7. The van der Waals surface area contributed by atoms with Crippen molar-refractivity contribution in [3.05, 3.63) is 70.7 Å². The molecule has 3 N–H and O–H groups in total. The van der Waals surface area contributed by atoms with Gasteiger partial charge in [0, 0.05) is 23.3 Å². The van der Waals surface area contributed by atoms with Gasteiger partial charge in [0.2, 0.25) is 0 Å². The van der Waals surface area contributed by atoms with E-state index in [0.717, 1.165) is 17.5 Å². The van der Waals surface area contributed by atoms with Gasteiger partial charge in [-0.1, -0.05) is 32.3 Å².